The van der Waals surface area contributed by atoms with Crippen LogP contribution in [0.3, 0.4) is 0 Å². The van der Waals surface area contributed by atoms with Gasteiger partial charge in [-0.1, -0.05) is 17.7 Å². The van der Waals surface area contributed by atoms with Gasteiger partial charge in [0.25, 0.3) is 0 Å². The summed E-state index contributed by atoms with van der Waals surface area (Å²) in [4.78, 5) is 3.88. The van der Waals surface area contributed by atoms with Crippen LogP contribution in [0.25, 0.3) is 11.3 Å². The van der Waals surface area contributed by atoms with E-state index in [0.29, 0.717) is 11.7 Å². The molecule has 0 unspecified atom stereocenters. The molecular formula is C10H8ClFN2O. The first-order valence-corrected chi connectivity index (χ1v) is 4.69. The van der Waals surface area contributed by atoms with Gasteiger partial charge in [0.1, 0.15) is 0 Å². The summed E-state index contributed by atoms with van der Waals surface area (Å²) in [5, 5.41) is 0.0539. The van der Waals surface area contributed by atoms with Crippen LogP contribution in [-0.4, -0.2) is 4.98 Å². The van der Waals surface area contributed by atoms with Crippen LogP contribution in [0.4, 0.5) is 4.39 Å². The van der Waals surface area contributed by atoms with Gasteiger partial charge in [-0.2, -0.15) is 0 Å². The van der Waals surface area contributed by atoms with E-state index < -0.39 is 5.82 Å². The zero-order valence-corrected chi connectivity index (χ0v) is 8.46. The molecule has 1 heterocycles. The number of nitrogens with two attached hydrogens (primary N) is 1. The highest BCUT2D eigenvalue weighted by Crippen LogP contribution is 2.27. The van der Waals surface area contributed by atoms with E-state index in [4.69, 9.17) is 21.8 Å². The fraction of sp³-hybridized carbons (Fsp3) is 0.100. The highest BCUT2D eigenvalue weighted by molar-refractivity contribution is 6.31. The third kappa shape index (κ3) is 1.86. The first kappa shape index (κ1) is 10.1. The minimum atomic E-state index is -0.515. The zero-order chi connectivity index (χ0) is 10.8. The van der Waals surface area contributed by atoms with Crippen molar-refractivity contribution in [2.75, 3.05) is 0 Å². The molecule has 0 radical (unpaired) electrons. The first-order valence-electron chi connectivity index (χ1n) is 4.31. The Labute approximate surface area is 90.7 Å². The second-order valence-corrected chi connectivity index (χ2v) is 3.33. The predicted octanol–water partition coefficient (Wildman–Crippen LogP) is 2.59. The van der Waals surface area contributed by atoms with E-state index in [0.717, 1.165) is 0 Å². The molecule has 5 heteroatoms. The molecule has 0 amide bonds. The number of rotatable bonds is 2. The molecule has 0 bridgehead atoms. The average molecular weight is 227 g/mol. The molecule has 15 heavy (non-hydrogen) atoms. The second kappa shape index (κ2) is 4.00. The predicted molar refractivity (Wildman–Crippen MR) is 54.8 cm³/mol. The summed E-state index contributed by atoms with van der Waals surface area (Å²) in [6, 6.07) is 4.69. The number of aromatic nitrogens is 1. The Balaban J connectivity index is 2.49. The van der Waals surface area contributed by atoms with Crippen molar-refractivity contribution in [3.8, 4) is 11.3 Å². The maximum atomic E-state index is 13.5. The summed E-state index contributed by atoms with van der Waals surface area (Å²) in [5.41, 5.74) is 5.62. The van der Waals surface area contributed by atoms with Gasteiger partial charge in [0.15, 0.2) is 11.6 Å². The third-order valence-corrected chi connectivity index (χ3v) is 2.24. The quantitative estimate of drug-likeness (QED) is 0.856. The largest absolute Gasteiger partial charge is 0.439 e. The Kier molecular flexibility index (Phi) is 2.70. The first-order chi connectivity index (χ1) is 7.22. The lowest BCUT2D eigenvalue weighted by Gasteiger charge is -1.99. The minimum Gasteiger partial charge on any atom is -0.439 e. The molecule has 1 aromatic carbocycles. The Morgan fingerprint density at radius 2 is 2.27 bits per heavy atom. The fourth-order valence-corrected chi connectivity index (χ4v) is 1.40. The van der Waals surface area contributed by atoms with E-state index in [2.05, 4.69) is 4.98 Å². The SMILES string of the molecule is NCc1ncc(-c2cccc(Cl)c2F)o1. The topological polar surface area (TPSA) is 52.0 Å². The van der Waals surface area contributed by atoms with Gasteiger partial charge >= 0.3 is 0 Å². The number of hydrogen-bond acceptors (Lipinski definition) is 3. The molecule has 0 aliphatic heterocycles. The number of halogens is 2. The van der Waals surface area contributed by atoms with Crippen LogP contribution in [0.15, 0.2) is 28.8 Å². The van der Waals surface area contributed by atoms with Crippen LogP contribution in [0.2, 0.25) is 5.02 Å². The van der Waals surface area contributed by atoms with E-state index in [1.807, 2.05) is 0 Å². The lowest BCUT2D eigenvalue weighted by molar-refractivity contribution is 0.505. The van der Waals surface area contributed by atoms with Gasteiger partial charge in [-0.3, -0.25) is 0 Å². The minimum absolute atomic E-state index is 0.0539. The van der Waals surface area contributed by atoms with E-state index in [9.17, 15) is 4.39 Å². The van der Waals surface area contributed by atoms with E-state index >= 15 is 0 Å². The van der Waals surface area contributed by atoms with Gasteiger partial charge in [0.2, 0.25) is 5.89 Å². The summed E-state index contributed by atoms with van der Waals surface area (Å²) < 4.78 is 18.8. The molecule has 2 N–H and O–H groups in total. The number of hydrogen-bond donors (Lipinski definition) is 1. The maximum absolute atomic E-state index is 13.5. The molecule has 0 aliphatic rings. The van der Waals surface area contributed by atoms with Gasteiger partial charge in [-0.25, -0.2) is 9.37 Å². The Morgan fingerprint density at radius 3 is 2.93 bits per heavy atom. The molecule has 0 saturated heterocycles. The van der Waals surface area contributed by atoms with Crippen molar-refractivity contribution < 1.29 is 8.81 Å². The van der Waals surface area contributed by atoms with Crippen LogP contribution in [0.1, 0.15) is 5.89 Å². The molecule has 0 saturated carbocycles. The summed E-state index contributed by atoms with van der Waals surface area (Å²) in [6.45, 7) is 0.183. The van der Waals surface area contributed by atoms with Gasteiger partial charge in [-0.05, 0) is 12.1 Å². The van der Waals surface area contributed by atoms with E-state index in [1.165, 1.54) is 12.3 Å². The van der Waals surface area contributed by atoms with Gasteiger partial charge in [-0.15, -0.1) is 0 Å². The summed E-state index contributed by atoms with van der Waals surface area (Å²) >= 11 is 5.64. The van der Waals surface area contributed by atoms with Crippen molar-refractivity contribution in [1.82, 2.24) is 4.98 Å². The van der Waals surface area contributed by atoms with Crippen LogP contribution >= 0.6 is 11.6 Å². The van der Waals surface area contributed by atoms with Gasteiger partial charge < -0.3 is 10.2 Å². The lowest BCUT2D eigenvalue weighted by atomic mass is 10.2. The molecule has 0 atom stereocenters. The van der Waals surface area contributed by atoms with E-state index in [1.54, 1.807) is 12.1 Å². The Morgan fingerprint density at radius 1 is 1.47 bits per heavy atom. The van der Waals surface area contributed by atoms with Crippen molar-refractivity contribution in [3.05, 3.63) is 41.1 Å². The van der Waals surface area contributed by atoms with Crippen LogP contribution in [-0.2, 0) is 6.54 Å². The highest BCUT2D eigenvalue weighted by Gasteiger charge is 2.12. The standard InChI is InChI=1S/C10H8ClFN2O/c11-7-3-1-2-6(10(7)12)8-5-14-9(4-13)15-8/h1-3,5H,4,13H2. The summed E-state index contributed by atoms with van der Waals surface area (Å²) in [5.74, 6) is 0.179. The Hall–Kier alpha value is -1.39. The van der Waals surface area contributed by atoms with Crippen molar-refractivity contribution in [2.24, 2.45) is 5.73 Å². The molecule has 0 aliphatic carbocycles. The molecule has 0 spiro atoms. The zero-order valence-electron chi connectivity index (χ0n) is 7.71. The number of benzene rings is 1. The highest BCUT2D eigenvalue weighted by atomic mass is 35.5. The second-order valence-electron chi connectivity index (χ2n) is 2.92. The van der Waals surface area contributed by atoms with Gasteiger partial charge in [0.05, 0.1) is 23.3 Å². The van der Waals surface area contributed by atoms with E-state index in [-0.39, 0.29) is 17.1 Å². The third-order valence-electron chi connectivity index (χ3n) is 1.95. The van der Waals surface area contributed by atoms with Crippen LogP contribution < -0.4 is 5.73 Å². The Bertz CT molecular complexity index is 484. The molecule has 1 aromatic heterocycles. The molecular weight excluding hydrogens is 219 g/mol. The molecule has 0 fully saturated rings. The maximum Gasteiger partial charge on any atom is 0.208 e. The van der Waals surface area contributed by atoms with Crippen LogP contribution in [0, 0.1) is 5.82 Å². The number of oxazole rings is 1. The van der Waals surface area contributed by atoms with Crippen LogP contribution in [0.5, 0.6) is 0 Å². The van der Waals surface area contributed by atoms with Crippen molar-refractivity contribution in [3.63, 3.8) is 0 Å². The summed E-state index contributed by atoms with van der Waals surface area (Å²) in [7, 11) is 0. The number of nitrogens with zero attached hydrogens (tertiary/aromatic N) is 1. The van der Waals surface area contributed by atoms with Crippen molar-refractivity contribution in [2.45, 2.75) is 6.54 Å². The van der Waals surface area contributed by atoms with Crippen molar-refractivity contribution in [1.29, 1.82) is 0 Å². The molecule has 3 nitrogen and oxygen atoms in total. The van der Waals surface area contributed by atoms with Gasteiger partial charge in [0, 0.05) is 0 Å². The average Bonchev–Trinajstić information content (AvgIpc) is 2.70. The lowest BCUT2D eigenvalue weighted by Crippen LogP contribution is -1.94. The van der Waals surface area contributed by atoms with Crippen molar-refractivity contribution >= 4 is 11.6 Å². The monoisotopic (exact) mass is 226 g/mol. The summed E-state index contributed by atoms with van der Waals surface area (Å²) in [6.07, 6.45) is 1.43. The molecule has 2 aromatic rings. The molecule has 78 valence electrons. The fourth-order valence-electron chi connectivity index (χ4n) is 1.22. The molecule has 2 rings (SSSR count). The smallest absolute Gasteiger partial charge is 0.208 e. The normalized spacial score (nSPS) is 10.6.